The molecule has 1 aliphatic heterocycles. The number of piperazine rings is 1. The SMILES string of the molecule is Cc1cc(F)ccc1NC(=O)NCCN1CCN(c2ncccn2)CC1. The van der Waals surface area contributed by atoms with Gasteiger partial charge in [-0.1, -0.05) is 0 Å². The van der Waals surface area contributed by atoms with Crippen molar-refractivity contribution in [3.05, 3.63) is 48.0 Å². The molecule has 1 aromatic heterocycles. The number of benzene rings is 1. The van der Waals surface area contributed by atoms with Crippen LogP contribution in [0.5, 0.6) is 0 Å². The lowest BCUT2D eigenvalue weighted by atomic mass is 10.2. The quantitative estimate of drug-likeness (QED) is 0.854. The third kappa shape index (κ3) is 4.89. The fourth-order valence-electron chi connectivity index (χ4n) is 2.89. The smallest absolute Gasteiger partial charge is 0.319 e. The first-order valence-electron chi connectivity index (χ1n) is 8.67. The maximum absolute atomic E-state index is 13.1. The number of hydrogen-bond donors (Lipinski definition) is 2. The van der Waals surface area contributed by atoms with Crippen molar-refractivity contribution in [2.75, 3.05) is 49.5 Å². The number of carbonyl (C=O) groups is 1. The first-order chi connectivity index (χ1) is 12.6. The largest absolute Gasteiger partial charge is 0.338 e. The van der Waals surface area contributed by atoms with Gasteiger partial charge >= 0.3 is 6.03 Å². The van der Waals surface area contributed by atoms with Gasteiger partial charge < -0.3 is 15.5 Å². The molecule has 3 rings (SSSR count). The molecule has 138 valence electrons. The van der Waals surface area contributed by atoms with E-state index in [9.17, 15) is 9.18 Å². The molecule has 8 heteroatoms. The van der Waals surface area contributed by atoms with Crippen LogP contribution in [0.2, 0.25) is 0 Å². The average Bonchev–Trinajstić information content (AvgIpc) is 2.65. The number of hydrogen-bond acceptors (Lipinski definition) is 5. The summed E-state index contributed by atoms with van der Waals surface area (Å²) in [5, 5.41) is 5.58. The molecule has 7 nitrogen and oxygen atoms in total. The van der Waals surface area contributed by atoms with E-state index in [1.165, 1.54) is 12.1 Å². The number of nitrogens with one attached hydrogen (secondary N) is 2. The Morgan fingerprint density at radius 3 is 2.62 bits per heavy atom. The van der Waals surface area contributed by atoms with Crippen LogP contribution in [0.25, 0.3) is 0 Å². The van der Waals surface area contributed by atoms with Crippen LogP contribution < -0.4 is 15.5 Å². The Balaban J connectivity index is 1.37. The Morgan fingerprint density at radius 2 is 1.92 bits per heavy atom. The number of anilines is 2. The van der Waals surface area contributed by atoms with E-state index in [0.717, 1.165) is 38.7 Å². The van der Waals surface area contributed by atoms with E-state index in [0.29, 0.717) is 17.8 Å². The highest BCUT2D eigenvalue weighted by Crippen LogP contribution is 2.15. The number of aryl methyl sites for hydroxylation is 1. The molecule has 2 amide bonds. The minimum atomic E-state index is -0.312. The summed E-state index contributed by atoms with van der Waals surface area (Å²) in [6, 6.07) is 5.82. The molecule has 1 fully saturated rings. The molecule has 0 bridgehead atoms. The molecule has 0 spiro atoms. The van der Waals surface area contributed by atoms with Crippen LogP contribution in [-0.2, 0) is 0 Å². The zero-order chi connectivity index (χ0) is 18.4. The van der Waals surface area contributed by atoms with Crippen LogP contribution in [0.15, 0.2) is 36.7 Å². The van der Waals surface area contributed by atoms with E-state index >= 15 is 0 Å². The minimum Gasteiger partial charge on any atom is -0.338 e. The summed E-state index contributed by atoms with van der Waals surface area (Å²) in [6.07, 6.45) is 3.50. The van der Waals surface area contributed by atoms with E-state index in [4.69, 9.17) is 0 Å². The van der Waals surface area contributed by atoms with Crippen molar-refractivity contribution in [1.29, 1.82) is 0 Å². The van der Waals surface area contributed by atoms with Gasteiger partial charge in [-0.2, -0.15) is 0 Å². The van der Waals surface area contributed by atoms with Crippen LogP contribution in [0.3, 0.4) is 0 Å². The van der Waals surface area contributed by atoms with Crippen molar-refractivity contribution >= 4 is 17.7 Å². The molecule has 2 N–H and O–H groups in total. The zero-order valence-corrected chi connectivity index (χ0v) is 14.8. The number of carbonyl (C=O) groups excluding carboxylic acids is 1. The predicted octanol–water partition coefficient (Wildman–Crippen LogP) is 1.87. The molecular formula is C18H23FN6O. The van der Waals surface area contributed by atoms with E-state index in [-0.39, 0.29) is 11.8 Å². The van der Waals surface area contributed by atoms with Crippen molar-refractivity contribution in [3.8, 4) is 0 Å². The van der Waals surface area contributed by atoms with Crippen molar-refractivity contribution in [1.82, 2.24) is 20.2 Å². The fourth-order valence-corrected chi connectivity index (χ4v) is 2.89. The lowest BCUT2D eigenvalue weighted by Gasteiger charge is -2.34. The maximum atomic E-state index is 13.1. The second-order valence-corrected chi connectivity index (χ2v) is 6.22. The van der Waals surface area contributed by atoms with Crippen LogP contribution in [0.4, 0.5) is 20.8 Å². The van der Waals surface area contributed by atoms with Gasteiger partial charge in [-0.25, -0.2) is 19.2 Å². The first-order valence-corrected chi connectivity index (χ1v) is 8.67. The molecule has 2 aromatic rings. The molecule has 0 atom stereocenters. The van der Waals surface area contributed by atoms with E-state index in [1.807, 2.05) is 6.07 Å². The monoisotopic (exact) mass is 358 g/mol. The van der Waals surface area contributed by atoms with Gasteiger partial charge in [0, 0.05) is 57.3 Å². The Morgan fingerprint density at radius 1 is 1.19 bits per heavy atom. The maximum Gasteiger partial charge on any atom is 0.319 e. The molecular weight excluding hydrogens is 335 g/mol. The average molecular weight is 358 g/mol. The van der Waals surface area contributed by atoms with Crippen LogP contribution in [0.1, 0.15) is 5.56 Å². The topological polar surface area (TPSA) is 73.4 Å². The second kappa shape index (κ2) is 8.57. The highest BCUT2D eigenvalue weighted by Gasteiger charge is 2.18. The third-order valence-corrected chi connectivity index (χ3v) is 4.36. The van der Waals surface area contributed by atoms with Crippen molar-refractivity contribution in [3.63, 3.8) is 0 Å². The normalized spacial score (nSPS) is 14.9. The van der Waals surface area contributed by atoms with Gasteiger partial charge in [-0.15, -0.1) is 0 Å². The lowest BCUT2D eigenvalue weighted by molar-refractivity contribution is 0.240. The Hall–Kier alpha value is -2.74. The highest BCUT2D eigenvalue weighted by molar-refractivity contribution is 5.89. The van der Waals surface area contributed by atoms with Gasteiger partial charge in [-0.05, 0) is 36.8 Å². The van der Waals surface area contributed by atoms with Gasteiger partial charge in [0.2, 0.25) is 5.95 Å². The molecule has 0 aliphatic carbocycles. The molecule has 0 unspecified atom stereocenters. The van der Waals surface area contributed by atoms with Crippen molar-refractivity contribution in [2.24, 2.45) is 0 Å². The molecule has 0 radical (unpaired) electrons. The predicted molar refractivity (Wildman–Crippen MR) is 98.8 cm³/mol. The van der Waals surface area contributed by atoms with Gasteiger partial charge in [0.15, 0.2) is 0 Å². The molecule has 26 heavy (non-hydrogen) atoms. The van der Waals surface area contributed by atoms with E-state index in [1.54, 1.807) is 25.4 Å². The molecule has 1 aromatic carbocycles. The summed E-state index contributed by atoms with van der Waals surface area (Å²) >= 11 is 0. The van der Waals surface area contributed by atoms with E-state index < -0.39 is 0 Å². The Bertz CT molecular complexity index is 734. The molecule has 0 saturated carbocycles. The Kier molecular flexibility index (Phi) is 5.96. The summed E-state index contributed by atoms with van der Waals surface area (Å²) in [5.41, 5.74) is 1.31. The van der Waals surface area contributed by atoms with Crippen LogP contribution in [0, 0.1) is 12.7 Å². The molecule has 1 saturated heterocycles. The first kappa shape index (κ1) is 18.1. The highest BCUT2D eigenvalue weighted by atomic mass is 19.1. The van der Waals surface area contributed by atoms with Crippen LogP contribution in [-0.4, -0.2) is 60.2 Å². The molecule has 2 heterocycles. The minimum absolute atomic E-state index is 0.281. The van der Waals surface area contributed by atoms with Gasteiger partial charge in [0.05, 0.1) is 0 Å². The summed E-state index contributed by atoms with van der Waals surface area (Å²) in [6.45, 7) is 6.62. The summed E-state index contributed by atoms with van der Waals surface area (Å²) in [5.74, 6) is 0.452. The zero-order valence-electron chi connectivity index (χ0n) is 14.8. The van der Waals surface area contributed by atoms with Crippen molar-refractivity contribution < 1.29 is 9.18 Å². The fraction of sp³-hybridized carbons (Fsp3) is 0.389. The standard InChI is InChI=1S/C18H23FN6O/c1-14-13-15(19)3-4-16(14)23-18(26)22-7-8-24-9-11-25(12-10-24)17-20-5-2-6-21-17/h2-6,13H,7-12H2,1H3,(H2,22,23,26). The number of nitrogens with zero attached hydrogens (tertiary/aromatic N) is 4. The van der Waals surface area contributed by atoms with Crippen LogP contribution >= 0.6 is 0 Å². The lowest BCUT2D eigenvalue weighted by Crippen LogP contribution is -2.49. The summed E-state index contributed by atoms with van der Waals surface area (Å²) in [7, 11) is 0. The van der Waals surface area contributed by atoms with Gasteiger partial charge in [0.25, 0.3) is 0 Å². The molecule has 1 aliphatic rings. The summed E-state index contributed by atoms with van der Waals surface area (Å²) < 4.78 is 13.1. The number of aromatic nitrogens is 2. The number of rotatable bonds is 5. The van der Waals surface area contributed by atoms with Gasteiger partial charge in [0.1, 0.15) is 5.82 Å². The number of urea groups is 1. The summed E-state index contributed by atoms with van der Waals surface area (Å²) in [4.78, 5) is 25.0. The van der Waals surface area contributed by atoms with Crippen molar-refractivity contribution in [2.45, 2.75) is 6.92 Å². The second-order valence-electron chi connectivity index (χ2n) is 6.22. The number of halogens is 1. The third-order valence-electron chi connectivity index (χ3n) is 4.36. The Labute approximate surface area is 152 Å². The van der Waals surface area contributed by atoms with E-state index in [2.05, 4.69) is 30.4 Å². The van der Waals surface area contributed by atoms with Gasteiger partial charge in [-0.3, -0.25) is 4.90 Å². The number of amides is 2.